The molecule has 0 unspecified atom stereocenters. The molecule has 0 aliphatic carbocycles. The van der Waals surface area contributed by atoms with Crippen LogP contribution in [0, 0.1) is 0 Å². The van der Waals surface area contributed by atoms with Crippen molar-refractivity contribution < 1.29 is 19.7 Å². The minimum absolute atomic E-state index is 0.276. The average molecular weight is 236 g/mol. The third-order valence-electron chi connectivity index (χ3n) is 2.21. The number of carbonyl (C=O) groups is 1. The number of carbonyl (C=O) groups excluding carboxylic acids is 1. The molecule has 0 fully saturated rings. The Kier molecular flexibility index (Phi) is 4.87. The van der Waals surface area contributed by atoms with Crippen molar-refractivity contribution in [3.63, 3.8) is 0 Å². The van der Waals surface area contributed by atoms with Crippen LogP contribution in [0.25, 0.3) is 0 Å². The van der Waals surface area contributed by atoms with Gasteiger partial charge in [-0.2, -0.15) is 0 Å². The first-order valence-corrected chi connectivity index (χ1v) is 5.30. The highest BCUT2D eigenvalue weighted by molar-refractivity contribution is 5.89. The summed E-state index contributed by atoms with van der Waals surface area (Å²) in [7, 11) is 0. The number of rotatable bonds is 5. The fourth-order valence-corrected chi connectivity index (χ4v) is 1.30. The van der Waals surface area contributed by atoms with Crippen molar-refractivity contribution in [3.8, 4) is 0 Å². The molecule has 1 rings (SSSR count). The monoisotopic (exact) mass is 236 g/mol. The lowest BCUT2D eigenvalue weighted by molar-refractivity contribution is -0.0324. The lowest BCUT2D eigenvalue weighted by atomic mass is 10.1. The van der Waals surface area contributed by atoms with Gasteiger partial charge in [0.2, 0.25) is 0 Å². The minimum atomic E-state index is -1.51. The molecule has 0 amide bonds. The van der Waals surface area contributed by atoms with Crippen molar-refractivity contribution in [3.05, 3.63) is 48.0 Å². The van der Waals surface area contributed by atoms with Gasteiger partial charge in [0, 0.05) is 0 Å². The Bertz CT molecular complexity index is 386. The second-order valence-electron chi connectivity index (χ2n) is 3.70. The van der Waals surface area contributed by atoms with Gasteiger partial charge in [0.05, 0.1) is 12.2 Å². The van der Waals surface area contributed by atoms with E-state index in [1.54, 1.807) is 43.3 Å². The lowest BCUT2D eigenvalue weighted by Crippen LogP contribution is -2.37. The quantitative estimate of drug-likeness (QED) is 0.594. The van der Waals surface area contributed by atoms with E-state index in [1.807, 2.05) is 0 Å². The van der Waals surface area contributed by atoms with Gasteiger partial charge < -0.3 is 14.9 Å². The van der Waals surface area contributed by atoms with Gasteiger partial charge >= 0.3 is 5.97 Å². The van der Waals surface area contributed by atoms with Gasteiger partial charge in [-0.3, -0.25) is 0 Å². The molecule has 0 bridgehead atoms. The number of hydrogen-bond donors (Lipinski definition) is 2. The maximum absolute atomic E-state index is 11.6. The highest BCUT2D eigenvalue weighted by atomic mass is 16.5. The van der Waals surface area contributed by atoms with E-state index in [-0.39, 0.29) is 6.61 Å². The molecule has 0 saturated carbocycles. The lowest BCUT2D eigenvalue weighted by Gasteiger charge is -2.21. The standard InChI is InChI=1S/C13H16O4/c1-2-8-13(16,9-14)10-17-12(15)11-6-4-3-5-7-11/h2-8,14,16H,9-10H2,1H3/b8-2+/t13-/m1/s1. The zero-order valence-electron chi connectivity index (χ0n) is 9.67. The van der Waals surface area contributed by atoms with Gasteiger partial charge in [-0.25, -0.2) is 4.79 Å². The molecule has 1 atom stereocenters. The number of allylic oxidation sites excluding steroid dienone is 1. The van der Waals surface area contributed by atoms with Crippen LogP contribution in [0.5, 0.6) is 0 Å². The molecule has 17 heavy (non-hydrogen) atoms. The number of hydrogen-bond acceptors (Lipinski definition) is 4. The van der Waals surface area contributed by atoms with Crippen LogP contribution in [-0.2, 0) is 4.74 Å². The maximum atomic E-state index is 11.6. The molecule has 0 aromatic heterocycles. The Labute approximate surface area is 100 Å². The molecule has 0 radical (unpaired) electrons. The Hall–Kier alpha value is -1.65. The summed E-state index contributed by atoms with van der Waals surface area (Å²) in [6.07, 6.45) is 2.98. The molecule has 0 heterocycles. The van der Waals surface area contributed by atoms with Crippen molar-refractivity contribution in [1.29, 1.82) is 0 Å². The summed E-state index contributed by atoms with van der Waals surface area (Å²) in [6.45, 7) is 0.931. The molecular weight excluding hydrogens is 220 g/mol. The highest BCUT2D eigenvalue weighted by Crippen LogP contribution is 2.09. The molecule has 0 spiro atoms. The van der Waals surface area contributed by atoms with E-state index in [1.165, 1.54) is 6.08 Å². The van der Waals surface area contributed by atoms with E-state index in [4.69, 9.17) is 9.84 Å². The van der Waals surface area contributed by atoms with Gasteiger partial charge in [0.25, 0.3) is 0 Å². The summed E-state index contributed by atoms with van der Waals surface area (Å²) < 4.78 is 4.94. The first kappa shape index (κ1) is 13.4. The maximum Gasteiger partial charge on any atom is 0.338 e. The Balaban J connectivity index is 2.59. The summed E-state index contributed by atoms with van der Waals surface area (Å²) in [5.41, 5.74) is -1.10. The molecule has 1 aromatic rings. The first-order valence-electron chi connectivity index (χ1n) is 5.30. The molecule has 1 aromatic carbocycles. The number of aliphatic hydroxyl groups is 2. The van der Waals surface area contributed by atoms with Crippen molar-refractivity contribution >= 4 is 5.97 Å². The van der Waals surface area contributed by atoms with Crippen molar-refractivity contribution in [1.82, 2.24) is 0 Å². The zero-order chi connectivity index (χ0) is 12.7. The second-order valence-corrected chi connectivity index (χ2v) is 3.70. The fraction of sp³-hybridized carbons (Fsp3) is 0.308. The van der Waals surface area contributed by atoms with Crippen molar-refractivity contribution in [2.24, 2.45) is 0 Å². The summed E-state index contributed by atoms with van der Waals surface area (Å²) in [5.74, 6) is -0.526. The molecule has 0 saturated heterocycles. The van der Waals surface area contributed by atoms with Gasteiger partial charge in [-0.1, -0.05) is 30.4 Å². The third-order valence-corrected chi connectivity index (χ3v) is 2.21. The number of aliphatic hydroxyl groups excluding tert-OH is 1. The van der Waals surface area contributed by atoms with E-state index in [2.05, 4.69) is 0 Å². The van der Waals surface area contributed by atoms with Crippen LogP contribution in [0.3, 0.4) is 0 Å². The van der Waals surface area contributed by atoms with Gasteiger partial charge in [-0.15, -0.1) is 0 Å². The Morgan fingerprint density at radius 2 is 2.06 bits per heavy atom. The normalized spacial score (nSPS) is 14.5. The molecule has 2 N–H and O–H groups in total. The van der Waals surface area contributed by atoms with Crippen LogP contribution < -0.4 is 0 Å². The summed E-state index contributed by atoms with van der Waals surface area (Å²) >= 11 is 0. The molecule has 4 heteroatoms. The second kappa shape index (κ2) is 6.18. The van der Waals surface area contributed by atoms with E-state index >= 15 is 0 Å². The molecule has 0 aliphatic rings. The van der Waals surface area contributed by atoms with Crippen molar-refractivity contribution in [2.45, 2.75) is 12.5 Å². The molecule has 0 aliphatic heterocycles. The third kappa shape index (κ3) is 4.01. The predicted octanol–water partition coefficient (Wildman–Crippen LogP) is 1.14. The number of ether oxygens (including phenoxy) is 1. The highest BCUT2D eigenvalue weighted by Gasteiger charge is 2.24. The fourth-order valence-electron chi connectivity index (χ4n) is 1.30. The van der Waals surface area contributed by atoms with Crippen LogP contribution in [0.15, 0.2) is 42.5 Å². The molecule has 4 nitrogen and oxygen atoms in total. The Morgan fingerprint density at radius 3 is 2.59 bits per heavy atom. The average Bonchev–Trinajstić information content (AvgIpc) is 2.37. The smallest absolute Gasteiger partial charge is 0.338 e. The van der Waals surface area contributed by atoms with Crippen LogP contribution in [0.1, 0.15) is 17.3 Å². The Morgan fingerprint density at radius 1 is 1.41 bits per heavy atom. The van der Waals surface area contributed by atoms with Gasteiger partial charge in [-0.05, 0) is 19.1 Å². The number of esters is 1. The van der Waals surface area contributed by atoms with Crippen molar-refractivity contribution in [2.75, 3.05) is 13.2 Å². The number of benzene rings is 1. The van der Waals surface area contributed by atoms with E-state index in [0.717, 1.165) is 0 Å². The molecular formula is C13H16O4. The van der Waals surface area contributed by atoms with Crippen LogP contribution in [0.4, 0.5) is 0 Å². The van der Waals surface area contributed by atoms with Gasteiger partial charge in [0.1, 0.15) is 12.2 Å². The van der Waals surface area contributed by atoms with E-state index in [0.29, 0.717) is 5.56 Å². The van der Waals surface area contributed by atoms with Crippen LogP contribution >= 0.6 is 0 Å². The predicted molar refractivity (Wildman–Crippen MR) is 63.6 cm³/mol. The molecule has 92 valence electrons. The minimum Gasteiger partial charge on any atom is -0.459 e. The zero-order valence-corrected chi connectivity index (χ0v) is 9.67. The van der Waals surface area contributed by atoms with Crippen LogP contribution in [0.2, 0.25) is 0 Å². The van der Waals surface area contributed by atoms with E-state index in [9.17, 15) is 9.90 Å². The van der Waals surface area contributed by atoms with Crippen LogP contribution in [-0.4, -0.2) is 35.0 Å². The topological polar surface area (TPSA) is 66.8 Å². The summed E-state index contributed by atoms with van der Waals surface area (Å²) in [5, 5.41) is 18.8. The largest absolute Gasteiger partial charge is 0.459 e. The van der Waals surface area contributed by atoms with E-state index < -0.39 is 18.2 Å². The first-order chi connectivity index (χ1) is 8.11. The SMILES string of the molecule is C/C=C/[C@@](O)(CO)COC(=O)c1ccccc1. The summed E-state index contributed by atoms with van der Waals surface area (Å²) in [4.78, 5) is 11.6. The summed E-state index contributed by atoms with van der Waals surface area (Å²) in [6, 6.07) is 8.48. The van der Waals surface area contributed by atoms with Gasteiger partial charge in [0.15, 0.2) is 0 Å².